The summed E-state index contributed by atoms with van der Waals surface area (Å²) in [6.45, 7) is 2.03. The van der Waals surface area contributed by atoms with Crippen molar-refractivity contribution < 1.29 is 14.3 Å². The number of carbonyl (C=O) groups is 1. The minimum atomic E-state index is 0.0841. The highest BCUT2D eigenvalue weighted by Gasteiger charge is 2.44. The minimum Gasteiger partial charge on any atom is -0.493 e. The van der Waals surface area contributed by atoms with Crippen LogP contribution in [0.3, 0.4) is 0 Å². The molecule has 114 valence electrons. The van der Waals surface area contributed by atoms with Crippen molar-refractivity contribution in [1.29, 1.82) is 0 Å². The smallest absolute Gasteiger partial charge is 0.166 e. The van der Waals surface area contributed by atoms with Crippen LogP contribution < -0.4 is 9.47 Å². The van der Waals surface area contributed by atoms with E-state index in [1.165, 1.54) is 5.56 Å². The number of hydrogen-bond acceptors (Lipinski definition) is 3. The van der Waals surface area contributed by atoms with E-state index in [1.807, 2.05) is 49.4 Å². The summed E-state index contributed by atoms with van der Waals surface area (Å²) in [7, 11) is 3.25. The van der Waals surface area contributed by atoms with Crippen molar-refractivity contribution in [3.05, 3.63) is 59.2 Å². The van der Waals surface area contributed by atoms with E-state index < -0.39 is 0 Å². The Balaban J connectivity index is 1.76. The molecule has 1 aliphatic carbocycles. The molecule has 3 heteroatoms. The molecular formula is C19H20O3. The molecule has 3 nitrogen and oxygen atoms in total. The molecule has 0 saturated heterocycles. The van der Waals surface area contributed by atoms with Crippen LogP contribution >= 0.6 is 0 Å². The van der Waals surface area contributed by atoms with Gasteiger partial charge in [-0.2, -0.15) is 0 Å². The van der Waals surface area contributed by atoms with E-state index >= 15 is 0 Å². The molecule has 2 aromatic rings. The van der Waals surface area contributed by atoms with Gasteiger partial charge in [-0.1, -0.05) is 35.9 Å². The van der Waals surface area contributed by atoms with Crippen LogP contribution in [0.15, 0.2) is 42.5 Å². The van der Waals surface area contributed by atoms with Crippen molar-refractivity contribution in [3.63, 3.8) is 0 Å². The van der Waals surface area contributed by atoms with Crippen LogP contribution in [-0.2, 0) is 0 Å². The van der Waals surface area contributed by atoms with Gasteiger partial charge in [0.1, 0.15) is 0 Å². The lowest BCUT2D eigenvalue weighted by atomic mass is 10.0. The third-order valence-corrected chi connectivity index (χ3v) is 4.30. The summed E-state index contributed by atoms with van der Waals surface area (Å²) in [5.41, 5.74) is 3.12. The molecule has 1 fully saturated rings. The Hall–Kier alpha value is -2.29. The first-order valence-corrected chi connectivity index (χ1v) is 7.47. The Labute approximate surface area is 130 Å². The molecule has 0 spiro atoms. The average Bonchev–Trinajstić information content (AvgIpc) is 3.35. The fourth-order valence-corrected chi connectivity index (χ4v) is 2.87. The van der Waals surface area contributed by atoms with Gasteiger partial charge in [-0.15, -0.1) is 0 Å². The van der Waals surface area contributed by atoms with Crippen LogP contribution in [-0.4, -0.2) is 20.0 Å². The first kappa shape index (κ1) is 14.6. The molecule has 3 rings (SSSR count). The van der Waals surface area contributed by atoms with Crippen molar-refractivity contribution in [1.82, 2.24) is 0 Å². The van der Waals surface area contributed by atoms with Crippen LogP contribution in [0, 0.1) is 12.8 Å². The Bertz CT molecular complexity index is 688. The van der Waals surface area contributed by atoms with Crippen LogP contribution in [0.1, 0.15) is 33.8 Å². The number of Topliss-reactive ketones (excluding diaryl/α,β-unsaturated/α-hetero) is 1. The van der Waals surface area contributed by atoms with Crippen LogP contribution in [0.2, 0.25) is 0 Å². The van der Waals surface area contributed by atoms with Gasteiger partial charge in [0.2, 0.25) is 0 Å². The predicted octanol–water partition coefficient (Wildman–Crippen LogP) is 4.00. The molecule has 1 aliphatic rings. The second-order valence-electron chi connectivity index (χ2n) is 5.79. The Morgan fingerprint density at radius 3 is 2.32 bits per heavy atom. The molecular weight excluding hydrogens is 276 g/mol. The number of rotatable bonds is 5. The number of ketones is 1. The third-order valence-electron chi connectivity index (χ3n) is 4.30. The zero-order valence-electron chi connectivity index (χ0n) is 13.1. The molecule has 0 N–H and O–H groups in total. The zero-order chi connectivity index (χ0) is 15.7. The van der Waals surface area contributed by atoms with Crippen LogP contribution in [0.5, 0.6) is 11.5 Å². The van der Waals surface area contributed by atoms with Gasteiger partial charge in [0.15, 0.2) is 17.3 Å². The van der Waals surface area contributed by atoms with Gasteiger partial charge in [0.05, 0.1) is 14.2 Å². The summed E-state index contributed by atoms with van der Waals surface area (Å²) in [5, 5.41) is 0. The Morgan fingerprint density at radius 1 is 1.00 bits per heavy atom. The summed E-state index contributed by atoms with van der Waals surface area (Å²) in [6, 6.07) is 13.7. The van der Waals surface area contributed by atoms with Crippen LogP contribution in [0.4, 0.5) is 0 Å². The maximum absolute atomic E-state index is 12.5. The maximum Gasteiger partial charge on any atom is 0.166 e. The number of benzene rings is 2. The predicted molar refractivity (Wildman–Crippen MR) is 85.9 cm³/mol. The number of hydrogen-bond donors (Lipinski definition) is 0. The molecule has 1 saturated carbocycles. The first-order valence-electron chi connectivity index (χ1n) is 7.47. The molecule has 2 atom stereocenters. The number of carbonyl (C=O) groups excluding carboxylic acids is 1. The normalized spacial score (nSPS) is 19.6. The van der Waals surface area contributed by atoms with Gasteiger partial charge in [0.25, 0.3) is 0 Å². The fourth-order valence-electron chi connectivity index (χ4n) is 2.87. The van der Waals surface area contributed by atoms with Gasteiger partial charge in [-0.3, -0.25) is 4.79 Å². The lowest BCUT2D eigenvalue weighted by Gasteiger charge is -2.09. The van der Waals surface area contributed by atoms with E-state index in [0.29, 0.717) is 11.5 Å². The molecule has 2 aromatic carbocycles. The molecule has 0 aliphatic heterocycles. The van der Waals surface area contributed by atoms with E-state index in [2.05, 4.69) is 0 Å². The van der Waals surface area contributed by atoms with Crippen molar-refractivity contribution in [2.45, 2.75) is 19.3 Å². The van der Waals surface area contributed by atoms with Gasteiger partial charge >= 0.3 is 0 Å². The quantitative estimate of drug-likeness (QED) is 0.782. The Kier molecular flexibility index (Phi) is 3.88. The van der Waals surface area contributed by atoms with E-state index in [-0.39, 0.29) is 17.6 Å². The van der Waals surface area contributed by atoms with Crippen LogP contribution in [0.25, 0.3) is 0 Å². The highest BCUT2D eigenvalue weighted by molar-refractivity contribution is 6.00. The highest BCUT2D eigenvalue weighted by atomic mass is 16.5. The second kappa shape index (κ2) is 5.84. The van der Waals surface area contributed by atoms with Crippen molar-refractivity contribution in [3.8, 4) is 11.5 Å². The Morgan fingerprint density at radius 2 is 1.68 bits per heavy atom. The van der Waals surface area contributed by atoms with Gasteiger partial charge < -0.3 is 9.47 Å². The standard InChI is InChI=1S/C19H20O3/c1-12-4-6-13(7-5-12)19(20)16-11-15(16)14-8-9-17(21-2)18(10-14)22-3/h4-10,15-16H,11H2,1-3H3. The third kappa shape index (κ3) is 2.71. The molecule has 0 amide bonds. The first-order chi connectivity index (χ1) is 10.6. The molecule has 0 aromatic heterocycles. The summed E-state index contributed by atoms with van der Waals surface area (Å²) in [5.74, 6) is 2.04. The van der Waals surface area contributed by atoms with Gasteiger partial charge in [-0.25, -0.2) is 0 Å². The molecule has 0 bridgehead atoms. The summed E-state index contributed by atoms with van der Waals surface area (Å²) in [6.07, 6.45) is 0.905. The SMILES string of the molecule is COc1ccc(C2CC2C(=O)c2ccc(C)cc2)cc1OC. The lowest BCUT2D eigenvalue weighted by Crippen LogP contribution is -2.03. The molecule has 0 heterocycles. The maximum atomic E-state index is 12.5. The minimum absolute atomic E-state index is 0.0841. The average molecular weight is 296 g/mol. The number of aryl methyl sites for hydroxylation is 1. The van der Waals surface area contributed by atoms with Gasteiger partial charge in [-0.05, 0) is 37.0 Å². The van der Waals surface area contributed by atoms with Gasteiger partial charge in [0, 0.05) is 11.5 Å². The largest absolute Gasteiger partial charge is 0.493 e. The number of methoxy groups -OCH3 is 2. The fraction of sp³-hybridized carbons (Fsp3) is 0.316. The van der Waals surface area contributed by atoms with E-state index in [4.69, 9.17) is 9.47 Å². The molecule has 0 radical (unpaired) electrons. The summed E-state index contributed by atoms with van der Waals surface area (Å²) >= 11 is 0. The van der Waals surface area contributed by atoms with E-state index in [0.717, 1.165) is 17.5 Å². The molecule has 2 unspecified atom stereocenters. The monoisotopic (exact) mass is 296 g/mol. The van der Waals surface area contributed by atoms with Crippen molar-refractivity contribution in [2.75, 3.05) is 14.2 Å². The van der Waals surface area contributed by atoms with Crippen molar-refractivity contribution >= 4 is 5.78 Å². The van der Waals surface area contributed by atoms with Crippen molar-refractivity contribution in [2.24, 2.45) is 5.92 Å². The second-order valence-corrected chi connectivity index (χ2v) is 5.79. The number of ether oxygens (including phenoxy) is 2. The summed E-state index contributed by atoms with van der Waals surface area (Å²) in [4.78, 5) is 12.5. The lowest BCUT2D eigenvalue weighted by molar-refractivity contribution is 0.0965. The summed E-state index contributed by atoms with van der Waals surface area (Å²) < 4.78 is 10.6. The zero-order valence-corrected chi connectivity index (χ0v) is 13.1. The van der Waals surface area contributed by atoms with E-state index in [9.17, 15) is 4.79 Å². The molecule has 22 heavy (non-hydrogen) atoms. The highest BCUT2D eigenvalue weighted by Crippen LogP contribution is 2.50. The topological polar surface area (TPSA) is 35.5 Å². The van der Waals surface area contributed by atoms with E-state index in [1.54, 1.807) is 14.2 Å².